The maximum atomic E-state index is 14.2. The Labute approximate surface area is 194 Å². The molecule has 0 saturated heterocycles. The second-order valence-corrected chi connectivity index (χ2v) is 6.67. The van der Waals surface area contributed by atoms with Gasteiger partial charge in [-0.15, -0.1) is 4.94 Å². The number of hydrogen-bond donors (Lipinski definition) is 1. The van der Waals surface area contributed by atoms with E-state index in [1.54, 1.807) is 0 Å². The van der Waals surface area contributed by atoms with E-state index in [0.717, 1.165) is 4.94 Å². The molecule has 1 atom stereocenters. The van der Waals surface area contributed by atoms with Crippen LogP contribution < -0.4 is 0 Å². The summed E-state index contributed by atoms with van der Waals surface area (Å²) < 4.78 is 301. The number of carboxylic acid groups (broad SMARTS) is 1. The average molecular weight is 642 g/mol. The molecule has 0 rings (SSSR count). The summed E-state index contributed by atoms with van der Waals surface area (Å²) in [7, 11) is 0. The largest absolute Gasteiger partial charge is 0.478 e. The van der Waals surface area contributed by atoms with E-state index >= 15 is 0 Å². The van der Waals surface area contributed by atoms with Crippen molar-refractivity contribution in [3.05, 3.63) is 11.1 Å². The van der Waals surface area contributed by atoms with E-state index in [0.29, 0.717) is 0 Å². The molecule has 39 heavy (non-hydrogen) atoms. The molecule has 0 saturated carbocycles. The van der Waals surface area contributed by atoms with Gasteiger partial charge in [-0.3, -0.25) is 0 Å². The highest BCUT2D eigenvalue weighted by Gasteiger charge is 2.93. The molecule has 0 fully saturated rings. The van der Waals surface area contributed by atoms with E-state index in [9.17, 15) is 106 Å². The molecule has 26 heteroatoms. The zero-order valence-corrected chi connectivity index (χ0v) is 16.5. The van der Waals surface area contributed by atoms with Crippen LogP contribution >= 0.6 is 0 Å². The topological polar surface area (TPSA) is 46.5 Å². The third-order valence-electron chi connectivity index (χ3n) is 4.18. The molecule has 0 spiro atoms. The summed E-state index contributed by atoms with van der Waals surface area (Å²) >= 11 is 0. The molecule has 0 amide bonds. The average Bonchev–Trinajstić information content (AvgIpc) is 2.66. The van der Waals surface area contributed by atoms with Gasteiger partial charge >= 0.3 is 65.9 Å². The van der Waals surface area contributed by atoms with Crippen LogP contribution in [0.5, 0.6) is 0 Å². The minimum atomic E-state index is -9.36. The van der Waals surface area contributed by atoms with Crippen molar-refractivity contribution in [1.82, 2.24) is 0 Å². The van der Waals surface area contributed by atoms with E-state index in [4.69, 9.17) is 5.11 Å². The summed E-state index contributed by atoms with van der Waals surface area (Å²) in [4.78, 5) is 11.4. The van der Waals surface area contributed by atoms with Gasteiger partial charge in [0.1, 0.15) is 0 Å². The van der Waals surface area contributed by atoms with Crippen molar-refractivity contribution in [2.75, 3.05) is 0 Å². The van der Waals surface area contributed by atoms with Gasteiger partial charge in [0.2, 0.25) is 0 Å². The molecule has 0 bridgehead atoms. The van der Waals surface area contributed by atoms with Crippen LogP contribution in [0, 0.1) is 0 Å². The highest BCUT2D eigenvalue weighted by molar-refractivity contribution is 5.90. The second kappa shape index (κ2) is 9.31. The lowest BCUT2D eigenvalue weighted by molar-refractivity contribution is -0.458. The first kappa shape index (κ1) is 36.6. The first-order valence-corrected chi connectivity index (χ1v) is 7.94. The molecule has 0 aliphatic carbocycles. The SMILES string of the molecule is O=C(O)C(=C(C(F)(F)C(F)(F)C(F)(F)C(F)(F)C(F)(F)C(F)(F)F)C(F)(F)C(F)(OF)C(F)(F)F)C(F)(F)F. The molecule has 0 aliphatic rings. The first-order valence-electron chi connectivity index (χ1n) is 7.94. The summed E-state index contributed by atoms with van der Waals surface area (Å²) in [6.45, 7) is 0. The van der Waals surface area contributed by atoms with Gasteiger partial charge in [0.25, 0.3) is 0 Å². The number of halogens is 23. The third-order valence-corrected chi connectivity index (χ3v) is 4.18. The highest BCUT2D eigenvalue weighted by Crippen LogP contribution is 2.64. The lowest BCUT2D eigenvalue weighted by Crippen LogP contribution is -2.72. The van der Waals surface area contributed by atoms with E-state index in [1.165, 1.54) is 0 Å². The van der Waals surface area contributed by atoms with Gasteiger partial charge in [-0.2, -0.15) is 96.6 Å². The zero-order chi connectivity index (χ0) is 32.4. The number of alkyl halides is 22. The van der Waals surface area contributed by atoms with Crippen molar-refractivity contribution in [3.63, 3.8) is 0 Å². The lowest BCUT2D eigenvalue weighted by Gasteiger charge is -2.42. The molecular formula is C13HF23O3. The van der Waals surface area contributed by atoms with Crippen molar-refractivity contribution in [3.8, 4) is 0 Å². The number of rotatable bonds is 9. The summed E-state index contributed by atoms with van der Waals surface area (Å²) in [6.07, 6.45) is -24.0. The summed E-state index contributed by atoms with van der Waals surface area (Å²) in [5.41, 5.74) is -11.6. The zero-order valence-electron chi connectivity index (χ0n) is 16.5. The number of aliphatic carboxylic acids is 1. The van der Waals surface area contributed by atoms with Crippen LogP contribution in [0.25, 0.3) is 0 Å². The molecule has 1 unspecified atom stereocenters. The molecule has 3 nitrogen and oxygen atoms in total. The minimum Gasteiger partial charge on any atom is -0.478 e. The van der Waals surface area contributed by atoms with Crippen LogP contribution in [0.3, 0.4) is 0 Å². The molecule has 1 N–H and O–H groups in total. The fourth-order valence-electron chi connectivity index (χ4n) is 2.24. The molecular weight excluding hydrogens is 641 g/mol. The minimum absolute atomic E-state index is 0.832. The molecule has 0 aromatic carbocycles. The maximum Gasteiger partial charge on any atom is 0.460 e. The third kappa shape index (κ3) is 4.99. The van der Waals surface area contributed by atoms with Gasteiger partial charge in [-0.1, -0.05) is 0 Å². The van der Waals surface area contributed by atoms with E-state index < -0.39 is 77.0 Å². The van der Waals surface area contributed by atoms with Gasteiger partial charge in [0, 0.05) is 0 Å². The molecule has 0 aliphatic heterocycles. The fraction of sp³-hybridized carbons (Fsp3) is 0.769. The van der Waals surface area contributed by atoms with Gasteiger partial charge in [-0.05, 0) is 4.53 Å². The van der Waals surface area contributed by atoms with Gasteiger partial charge in [-0.25, -0.2) is 4.79 Å². The predicted octanol–water partition coefficient (Wildman–Crippen LogP) is 7.43. The van der Waals surface area contributed by atoms with Crippen molar-refractivity contribution in [2.24, 2.45) is 0 Å². The summed E-state index contributed by atoms with van der Waals surface area (Å²) in [6, 6.07) is 0. The number of carboxylic acids is 1. The van der Waals surface area contributed by atoms with Crippen molar-refractivity contribution in [2.45, 2.75) is 59.9 Å². The van der Waals surface area contributed by atoms with Crippen molar-refractivity contribution >= 4 is 5.97 Å². The first-order chi connectivity index (χ1) is 16.5. The molecule has 232 valence electrons. The van der Waals surface area contributed by atoms with Gasteiger partial charge in [0.05, 0.1) is 5.57 Å². The Hall–Kier alpha value is -2.44. The Kier molecular flexibility index (Phi) is 8.72. The van der Waals surface area contributed by atoms with Gasteiger partial charge < -0.3 is 5.11 Å². The Morgan fingerprint density at radius 1 is 0.487 bits per heavy atom. The van der Waals surface area contributed by atoms with Crippen LogP contribution in [-0.2, 0) is 9.74 Å². The number of hydrogen-bond acceptors (Lipinski definition) is 2. The Bertz CT molecular complexity index is 965. The Balaban J connectivity index is 8.22. The molecule has 0 aromatic heterocycles. The summed E-state index contributed by atoms with van der Waals surface area (Å²) in [5, 5.41) is 8.18. The summed E-state index contributed by atoms with van der Waals surface area (Å²) in [5.74, 6) is -67.1. The maximum absolute atomic E-state index is 14.2. The van der Waals surface area contributed by atoms with Crippen LogP contribution in [0.2, 0.25) is 0 Å². The van der Waals surface area contributed by atoms with Crippen LogP contribution in [0.1, 0.15) is 0 Å². The van der Waals surface area contributed by atoms with Crippen LogP contribution in [-0.4, -0.2) is 71.0 Å². The van der Waals surface area contributed by atoms with Crippen molar-refractivity contribution in [1.29, 1.82) is 0 Å². The predicted molar refractivity (Wildman–Crippen MR) is 68.5 cm³/mol. The second-order valence-electron chi connectivity index (χ2n) is 6.67. The van der Waals surface area contributed by atoms with Crippen LogP contribution in [0.4, 0.5) is 101 Å². The molecule has 0 radical (unpaired) electrons. The van der Waals surface area contributed by atoms with E-state index in [2.05, 4.69) is 0 Å². The van der Waals surface area contributed by atoms with Crippen LogP contribution in [0.15, 0.2) is 11.1 Å². The van der Waals surface area contributed by atoms with E-state index in [1.807, 2.05) is 0 Å². The standard InChI is InChI=1S/C13HF23O3/c14-4(15,7(21,22)8(23,24)9(25,26)10(27,28)12(30,31)32)2(1(3(37)38)6(18,19)20)5(16,17)11(29,39-36)13(33,34)35/h(H,37,38). The van der Waals surface area contributed by atoms with Crippen molar-refractivity contribution < 1.29 is 116 Å². The molecule has 0 aromatic rings. The van der Waals surface area contributed by atoms with E-state index in [-0.39, 0.29) is 0 Å². The fourth-order valence-corrected chi connectivity index (χ4v) is 2.24. The monoisotopic (exact) mass is 642 g/mol. The lowest BCUT2D eigenvalue weighted by atomic mass is 9.83. The van der Waals surface area contributed by atoms with Gasteiger partial charge in [0.15, 0.2) is 5.57 Å². The number of carbonyl (C=O) groups is 1. The quantitative estimate of drug-likeness (QED) is 0.210. The Morgan fingerprint density at radius 3 is 1.05 bits per heavy atom. The highest BCUT2D eigenvalue weighted by atomic mass is 19.4. The smallest absolute Gasteiger partial charge is 0.460 e. The Morgan fingerprint density at radius 2 is 0.821 bits per heavy atom. The molecule has 0 heterocycles. The normalized spacial score (nSPS) is 18.0.